The van der Waals surface area contributed by atoms with Gasteiger partial charge in [-0.3, -0.25) is 0 Å². The molecule has 0 radical (unpaired) electrons. The van der Waals surface area contributed by atoms with Crippen molar-refractivity contribution in [1.29, 1.82) is 0 Å². The lowest BCUT2D eigenvalue weighted by atomic mass is 10.3. The Morgan fingerprint density at radius 2 is 2.07 bits per heavy atom. The molecule has 74 valence electrons. The molecule has 0 aromatic carbocycles. The lowest BCUT2D eigenvalue weighted by Gasteiger charge is -1.96. The number of aromatic nitrogens is 3. The van der Waals surface area contributed by atoms with Crippen LogP contribution in [0.3, 0.4) is 0 Å². The number of nitrogen functional groups attached to an aromatic ring is 2. The first-order chi connectivity index (χ1) is 6.59. The summed E-state index contributed by atoms with van der Waals surface area (Å²) in [5.41, 5.74) is 6.72. The van der Waals surface area contributed by atoms with Gasteiger partial charge in [-0.2, -0.15) is 0 Å². The van der Waals surface area contributed by atoms with Crippen LogP contribution in [0.25, 0.3) is 10.7 Å². The number of aryl methyl sites for hydroxylation is 2. The van der Waals surface area contributed by atoms with Crippen molar-refractivity contribution in [3.63, 3.8) is 0 Å². The summed E-state index contributed by atoms with van der Waals surface area (Å²) in [7, 11) is 0. The first-order valence-corrected chi connectivity index (χ1v) is 4.94. The number of anilines is 1. The Kier molecular flexibility index (Phi) is 1.92. The monoisotopic (exact) mass is 209 g/mol. The van der Waals surface area contributed by atoms with E-state index in [1.165, 1.54) is 15.1 Å². The lowest BCUT2D eigenvalue weighted by molar-refractivity contribution is 1.03. The van der Waals surface area contributed by atoms with Crippen LogP contribution in [0.2, 0.25) is 0 Å². The molecule has 2 heterocycles. The zero-order valence-corrected chi connectivity index (χ0v) is 8.80. The molecule has 2 rings (SSSR count). The standard InChI is InChI=1S/C8H11N5S/c1-4-3-6(14-5(4)2)7-11-12-8(9)13(7)10/h3H,10H2,1-2H3,(H2,9,12). The van der Waals surface area contributed by atoms with E-state index < -0.39 is 0 Å². The molecule has 6 heteroatoms. The maximum atomic E-state index is 5.67. The first kappa shape index (κ1) is 9.01. The fraction of sp³-hybridized carbons (Fsp3) is 0.250. The Hall–Kier alpha value is -1.56. The molecule has 0 aliphatic heterocycles. The highest BCUT2D eigenvalue weighted by Gasteiger charge is 2.12. The molecule has 0 bridgehead atoms. The van der Waals surface area contributed by atoms with E-state index in [1.807, 2.05) is 6.07 Å². The number of hydrogen-bond donors (Lipinski definition) is 2. The van der Waals surface area contributed by atoms with Crippen molar-refractivity contribution in [3.05, 3.63) is 16.5 Å². The Labute approximate surface area is 85.3 Å². The van der Waals surface area contributed by atoms with E-state index in [0.717, 1.165) is 4.88 Å². The molecule has 0 unspecified atom stereocenters. The molecule has 0 atom stereocenters. The van der Waals surface area contributed by atoms with Crippen LogP contribution in [0.15, 0.2) is 6.07 Å². The van der Waals surface area contributed by atoms with Gasteiger partial charge in [-0.05, 0) is 25.5 Å². The van der Waals surface area contributed by atoms with Gasteiger partial charge in [-0.1, -0.05) is 0 Å². The lowest BCUT2D eigenvalue weighted by Crippen LogP contribution is -2.12. The van der Waals surface area contributed by atoms with E-state index in [1.54, 1.807) is 11.3 Å². The van der Waals surface area contributed by atoms with E-state index in [9.17, 15) is 0 Å². The highest BCUT2D eigenvalue weighted by Crippen LogP contribution is 2.29. The van der Waals surface area contributed by atoms with Crippen LogP contribution >= 0.6 is 11.3 Å². The Balaban J connectivity index is 2.54. The summed E-state index contributed by atoms with van der Waals surface area (Å²) in [6.45, 7) is 4.11. The molecule has 0 fully saturated rings. The van der Waals surface area contributed by atoms with E-state index in [2.05, 4.69) is 24.0 Å². The van der Waals surface area contributed by atoms with Gasteiger partial charge in [0, 0.05) is 4.88 Å². The molecule has 2 aromatic rings. The summed E-state index contributed by atoms with van der Waals surface area (Å²) >= 11 is 1.64. The van der Waals surface area contributed by atoms with Gasteiger partial charge in [0.15, 0.2) is 5.82 Å². The average molecular weight is 209 g/mol. The van der Waals surface area contributed by atoms with Crippen LogP contribution in [0.4, 0.5) is 5.95 Å². The third-order valence-electron chi connectivity index (χ3n) is 2.11. The van der Waals surface area contributed by atoms with E-state index in [-0.39, 0.29) is 5.95 Å². The summed E-state index contributed by atoms with van der Waals surface area (Å²) in [5.74, 6) is 6.51. The van der Waals surface area contributed by atoms with Crippen molar-refractivity contribution in [2.24, 2.45) is 0 Å². The number of thiophene rings is 1. The van der Waals surface area contributed by atoms with Gasteiger partial charge < -0.3 is 11.6 Å². The molecule has 14 heavy (non-hydrogen) atoms. The molecule has 0 saturated heterocycles. The number of nitrogens with two attached hydrogens (primary N) is 2. The van der Waals surface area contributed by atoms with Crippen molar-refractivity contribution in [2.45, 2.75) is 13.8 Å². The zero-order chi connectivity index (χ0) is 10.3. The highest BCUT2D eigenvalue weighted by atomic mass is 32.1. The molecule has 0 aliphatic carbocycles. The molecule has 0 aliphatic rings. The van der Waals surface area contributed by atoms with Crippen molar-refractivity contribution in [1.82, 2.24) is 14.9 Å². The molecule has 0 spiro atoms. The quantitative estimate of drug-likeness (QED) is 0.684. The maximum Gasteiger partial charge on any atom is 0.241 e. The Morgan fingerprint density at radius 1 is 1.36 bits per heavy atom. The smallest absolute Gasteiger partial charge is 0.241 e. The molecule has 4 N–H and O–H groups in total. The van der Waals surface area contributed by atoms with Gasteiger partial charge in [0.1, 0.15) is 0 Å². The van der Waals surface area contributed by atoms with Gasteiger partial charge in [0.05, 0.1) is 4.88 Å². The minimum absolute atomic E-state index is 0.226. The largest absolute Gasteiger partial charge is 0.366 e. The number of rotatable bonds is 1. The van der Waals surface area contributed by atoms with Crippen LogP contribution in [0.1, 0.15) is 10.4 Å². The third-order valence-corrected chi connectivity index (χ3v) is 3.26. The fourth-order valence-electron chi connectivity index (χ4n) is 1.15. The normalized spacial score (nSPS) is 10.7. The van der Waals surface area contributed by atoms with Gasteiger partial charge in [0.25, 0.3) is 0 Å². The maximum absolute atomic E-state index is 5.67. The van der Waals surface area contributed by atoms with Crippen LogP contribution in [-0.4, -0.2) is 14.9 Å². The van der Waals surface area contributed by atoms with Gasteiger partial charge >= 0.3 is 0 Å². The van der Waals surface area contributed by atoms with E-state index in [4.69, 9.17) is 11.6 Å². The van der Waals surface area contributed by atoms with E-state index in [0.29, 0.717) is 5.82 Å². The zero-order valence-electron chi connectivity index (χ0n) is 7.98. The molecular formula is C8H11N5S. The molecular weight excluding hydrogens is 198 g/mol. The molecule has 0 saturated carbocycles. The second-order valence-corrected chi connectivity index (χ2v) is 4.36. The van der Waals surface area contributed by atoms with Gasteiger partial charge in [-0.25, -0.2) is 4.68 Å². The highest BCUT2D eigenvalue weighted by molar-refractivity contribution is 7.15. The summed E-state index contributed by atoms with van der Waals surface area (Å²) in [4.78, 5) is 2.24. The van der Waals surface area contributed by atoms with Crippen LogP contribution in [0, 0.1) is 13.8 Å². The summed E-state index contributed by atoms with van der Waals surface area (Å²) in [6, 6.07) is 2.03. The third kappa shape index (κ3) is 1.24. The Bertz CT molecular complexity index is 451. The summed E-state index contributed by atoms with van der Waals surface area (Å²) in [6.07, 6.45) is 0. The van der Waals surface area contributed by atoms with Crippen LogP contribution in [0.5, 0.6) is 0 Å². The molecule has 0 amide bonds. The minimum atomic E-state index is 0.226. The average Bonchev–Trinajstić information content (AvgIpc) is 2.61. The van der Waals surface area contributed by atoms with Crippen molar-refractivity contribution >= 4 is 17.3 Å². The summed E-state index contributed by atoms with van der Waals surface area (Å²) in [5, 5.41) is 7.62. The SMILES string of the molecule is Cc1cc(-c2nnc(N)n2N)sc1C. The summed E-state index contributed by atoms with van der Waals surface area (Å²) < 4.78 is 1.30. The minimum Gasteiger partial charge on any atom is -0.366 e. The van der Waals surface area contributed by atoms with Crippen LogP contribution in [-0.2, 0) is 0 Å². The van der Waals surface area contributed by atoms with Crippen molar-refractivity contribution in [2.75, 3.05) is 11.6 Å². The van der Waals surface area contributed by atoms with Crippen LogP contribution < -0.4 is 11.6 Å². The van der Waals surface area contributed by atoms with Crippen molar-refractivity contribution in [3.8, 4) is 10.7 Å². The molecule has 5 nitrogen and oxygen atoms in total. The van der Waals surface area contributed by atoms with Crippen molar-refractivity contribution < 1.29 is 0 Å². The second kappa shape index (κ2) is 2.98. The van der Waals surface area contributed by atoms with Gasteiger partial charge in [-0.15, -0.1) is 21.5 Å². The van der Waals surface area contributed by atoms with E-state index >= 15 is 0 Å². The second-order valence-electron chi connectivity index (χ2n) is 3.10. The number of hydrogen-bond acceptors (Lipinski definition) is 5. The predicted octanol–water partition coefficient (Wildman–Crippen LogP) is 0.919. The molecule has 2 aromatic heterocycles. The topological polar surface area (TPSA) is 82.8 Å². The van der Waals surface area contributed by atoms with Gasteiger partial charge in [0.2, 0.25) is 5.95 Å². The fourth-order valence-corrected chi connectivity index (χ4v) is 2.17. The number of nitrogens with zero attached hydrogens (tertiary/aromatic N) is 3. The predicted molar refractivity (Wildman–Crippen MR) is 57.4 cm³/mol. The first-order valence-electron chi connectivity index (χ1n) is 4.13. The Morgan fingerprint density at radius 3 is 2.50 bits per heavy atom.